The lowest BCUT2D eigenvalue weighted by molar-refractivity contribution is -0.152. The number of anilines is 1. The summed E-state index contributed by atoms with van der Waals surface area (Å²) in [5.74, 6) is -0.722. The maximum Gasteiger partial charge on any atom is 0.326 e. The van der Waals surface area contributed by atoms with Gasteiger partial charge in [0.05, 0.1) is 6.54 Å². The lowest BCUT2D eigenvalue weighted by atomic mass is 9.92. The summed E-state index contributed by atoms with van der Waals surface area (Å²) in [6.07, 6.45) is 1.40. The summed E-state index contributed by atoms with van der Waals surface area (Å²) in [7, 11) is 0. The van der Waals surface area contributed by atoms with Crippen molar-refractivity contribution in [1.29, 1.82) is 0 Å². The smallest absolute Gasteiger partial charge is 0.326 e. The van der Waals surface area contributed by atoms with Crippen LogP contribution in [0.5, 0.6) is 0 Å². The van der Waals surface area contributed by atoms with Crippen LogP contribution in [-0.4, -0.2) is 41.0 Å². The number of nitrogens with zero attached hydrogens (tertiary/aromatic N) is 1. The van der Waals surface area contributed by atoms with E-state index < -0.39 is 12.0 Å². The number of benzene rings is 1. The van der Waals surface area contributed by atoms with Crippen LogP contribution in [0.2, 0.25) is 0 Å². The van der Waals surface area contributed by atoms with Crippen LogP contribution in [0.1, 0.15) is 19.8 Å². The van der Waals surface area contributed by atoms with Gasteiger partial charge in [-0.2, -0.15) is 0 Å². The number of likely N-dealkylation sites (tertiary alicyclic amines) is 1. The van der Waals surface area contributed by atoms with Gasteiger partial charge < -0.3 is 15.3 Å². The monoisotopic (exact) mass is 276 g/mol. The van der Waals surface area contributed by atoms with E-state index in [1.807, 2.05) is 37.3 Å². The second-order valence-corrected chi connectivity index (χ2v) is 5.29. The SMILES string of the molecule is CC1CCN(C(=O)CNc2ccccc2)C(C(=O)O)C1. The van der Waals surface area contributed by atoms with Crippen molar-refractivity contribution in [3.05, 3.63) is 30.3 Å². The molecule has 1 aliphatic rings. The highest BCUT2D eigenvalue weighted by Gasteiger charge is 2.34. The maximum absolute atomic E-state index is 12.2. The average molecular weight is 276 g/mol. The standard InChI is InChI=1S/C15H20N2O3/c1-11-7-8-17(13(9-11)15(19)20)14(18)10-16-12-5-3-2-4-6-12/h2-6,11,13,16H,7-10H2,1H3,(H,19,20). The predicted octanol–water partition coefficient (Wildman–Crippen LogP) is 1.81. The highest BCUT2D eigenvalue weighted by atomic mass is 16.4. The number of hydrogen-bond donors (Lipinski definition) is 2. The van der Waals surface area contributed by atoms with Crippen LogP contribution in [-0.2, 0) is 9.59 Å². The Labute approximate surface area is 118 Å². The molecule has 0 radical (unpaired) electrons. The highest BCUT2D eigenvalue weighted by Crippen LogP contribution is 2.22. The number of carbonyl (C=O) groups is 2. The summed E-state index contributed by atoms with van der Waals surface area (Å²) >= 11 is 0. The lowest BCUT2D eigenvalue weighted by Crippen LogP contribution is -2.51. The molecule has 5 nitrogen and oxygen atoms in total. The minimum Gasteiger partial charge on any atom is -0.480 e. The second kappa shape index (κ2) is 6.41. The molecule has 1 heterocycles. The van der Waals surface area contributed by atoms with Gasteiger partial charge in [-0.1, -0.05) is 25.1 Å². The zero-order valence-corrected chi connectivity index (χ0v) is 11.6. The molecule has 2 atom stereocenters. The normalized spacial score (nSPS) is 22.4. The molecular formula is C15H20N2O3. The fraction of sp³-hybridized carbons (Fsp3) is 0.467. The lowest BCUT2D eigenvalue weighted by Gasteiger charge is -2.36. The minimum atomic E-state index is -0.912. The molecule has 108 valence electrons. The van der Waals surface area contributed by atoms with Gasteiger partial charge in [0.25, 0.3) is 0 Å². The second-order valence-electron chi connectivity index (χ2n) is 5.29. The maximum atomic E-state index is 12.2. The first kappa shape index (κ1) is 14.4. The molecule has 20 heavy (non-hydrogen) atoms. The zero-order chi connectivity index (χ0) is 14.5. The Bertz CT molecular complexity index is 475. The summed E-state index contributed by atoms with van der Waals surface area (Å²) in [5, 5.41) is 12.3. The first-order valence-electron chi connectivity index (χ1n) is 6.89. The molecule has 0 saturated carbocycles. The molecule has 2 rings (SSSR count). The number of aliphatic carboxylic acids is 1. The van der Waals surface area contributed by atoms with Crippen molar-refractivity contribution in [3.8, 4) is 0 Å². The fourth-order valence-electron chi connectivity index (χ4n) is 2.51. The molecule has 1 aromatic rings. The highest BCUT2D eigenvalue weighted by molar-refractivity contribution is 5.86. The molecular weight excluding hydrogens is 256 g/mol. The number of hydrogen-bond acceptors (Lipinski definition) is 3. The average Bonchev–Trinajstić information content (AvgIpc) is 2.45. The van der Waals surface area contributed by atoms with Crippen LogP contribution < -0.4 is 5.32 Å². The molecule has 2 N–H and O–H groups in total. The van der Waals surface area contributed by atoms with Crippen LogP contribution in [0.4, 0.5) is 5.69 Å². The Balaban J connectivity index is 1.95. The molecule has 5 heteroatoms. The Morgan fingerprint density at radius 3 is 2.70 bits per heavy atom. The Morgan fingerprint density at radius 1 is 1.35 bits per heavy atom. The molecule has 1 fully saturated rings. The molecule has 1 aliphatic heterocycles. The van der Waals surface area contributed by atoms with Crippen molar-refractivity contribution < 1.29 is 14.7 Å². The van der Waals surface area contributed by atoms with Gasteiger partial charge in [-0.25, -0.2) is 4.79 Å². The first-order valence-corrected chi connectivity index (χ1v) is 6.89. The van der Waals surface area contributed by atoms with E-state index in [0.29, 0.717) is 18.9 Å². The van der Waals surface area contributed by atoms with Gasteiger partial charge in [0, 0.05) is 12.2 Å². The molecule has 1 amide bonds. The molecule has 0 aromatic heterocycles. The van der Waals surface area contributed by atoms with Crippen LogP contribution in [0.15, 0.2) is 30.3 Å². The van der Waals surface area contributed by atoms with E-state index in [4.69, 9.17) is 0 Å². The van der Waals surface area contributed by atoms with Gasteiger partial charge in [-0.15, -0.1) is 0 Å². The Hall–Kier alpha value is -2.04. The van der Waals surface area contributed by atoms with Crippen LogP contribution in [0.3, 0.4) is 0 Å². The van der Waals surface area contributed by atoms with Crippen molar-refractivity contribution in [3.63, 3.8) is 0 Å². The van der Waals surface area contributed by atoms with E-state index in [1.165, 1.54) is 4.90 Å². The number of nitrogens with one attached hydrogen (secondary N) is 1. The third-order valence-electron chi connectivity index (χ3n) is 3.69. The summed E-state index contributed by atoms with van der Waals surface area (Å²) in [4.78, 5) is 25.0. The number of amides is 1. The van der Waals surface area contributed by atoms with E-state index in [9.17, 15) is 14.7 Å². The van der Waals surface area contributed by atoms with Crippen molar-refractivity contribution in [2.45, 2.75) is 25.8 Å². The molecule has 1 saturated heterocycles. The van der Waals surface area contributed by atoms with E-state index in [2.05, 4.69) is 5.32 Å². The fourth-order valence-corrected chi connectivity index (χ4v) is 2.51. The summed E-state index contributed by atoms with van der Waals surface area (Å²) in [6, 6.07) is 8.73. The van der Waals surface area contributed by atoms with Gasteiger partial charge in [0.2, 0.25) is 5.91 Å². The quantitative estimate of drug-likeness (QED) is 0.880. The number of rotatable bonds is 4. The van der Waals surface area contributed by atoms with E-state index in [1.54, 1.807) is 0 Å². The number of carbonyl (C=O) groups excluding carboxylic acids is 1. The van der Waals surface area contributed by atoms with Crippen LogP contribution in [0, 0.1) is 5.92 Å². The summed E-state index contributed by atoms with van der Waals surface area (Å²) in [6.45, 7) is 2.68. The molecule has 0 aliphatic carbocycles. The first-order chi connectivity index (χ1) is 9.58. The Morgan fingerprint density at radius 2 is 2.05 bits per heavy atom. The van der Waals surface area contributed by atoms with Crippen molar-refractivity contribution >= 4 is 17.6 Å². The predicted molar refractivity (Wildman–Crippen MR) is 76.5 cm³/mol. The molecule has 2 unspecified atom stereocenters. The third-order valence-corrected chi connectivity index (χ3v) is 3.69. The number of carboxylic acid groups (broad SMARTS) is 1. The van der Waals surface area contributed by atoms with Crippen molar-refractivity contribution in [2.24, 2.45) is 5.92 Å². The van der Waals surface area contributed by atoms with E-state index in [0.717, 1.165) is 12.1 Å². The van der Waals surface area contributed by atoms with Gasteiger partial charge in [-0.05, 0) is 30.9 Å². The minimum absolute atomic E-state index is 0.127. The Kier molecular flexibility index (Phi) is 4.61. The topological polar surface area (TPSA) is 69.6 Å². The summed E-state index contributed by atoms with van der Waals surface area (Å²) < 4.78 is 0. The van der Waals surface area contributed by atoms with E-state index in [-0.39, 0.29) is 12.5 Å². The van der Waals surface area contributed by atoms with Gasteiger partial charge in [0.15, 0.2) is 0 Å². The third kappa shape index (κ3) is 3.50. The van der Waals surface area contributed by atoms with Crippen LogP contribution >= 0.6 is 0 Å². The van der Waals surface area contributed by atoms with Crippen molar-refractivity contribution in [2.75, 3.05) is 18.4 Å². The molecule has 0 bridgehead atoms. The van der Waals surface area contributed by atoms with Crippen molar-refractivity contribution in [1.82, 2.24) is 4.90 Å². The number of para-hydroxylation sites is 1. The van der Waals surface area contributed by atoms with Gasteiger partial charge >= 0.3 is 5.97 Å². The zero-order valence-electron chi connectivity index (χ0n) is 11.6. The van der Waals surface area contributed by atoms with Gasteiger partial charge in [0.1, 0.15) is 6.04 Å². The number of carboxylic acids is 1. The number of piperidine rings is 1. The largest absolute Gasteiger partial charge is 0.480 e. The molecule has 1 aromatic carbocycles. The van der Waals surface area contributed by atoms with Crippen LogP contribution in [0.25, 0.3) is 0 Å². The summed E-state index contributed by atoms with van der Waals surface area (Å²) in [5.41, 5.74) is 0.859. The van der Waals surface area contributed by atoms with Gasteiger partial charge in [-0.3, -0.25) is 4.79 Å². The van der Waals surface area contributed by atoms with E-state index >= 15 is 0 Å². The molecule has 0 spiro atoms.